The molecular formula is C10H8ClF4NO4S. The Morgan fingerprint density at radius 2 is 1.90 bits per heavy atom. The third-order valence-corrected chi connectivity index (χ3v) is 4.45. The molecule has 0 unspecified atom stereocenters. The minimum absolute atomic E-state index is 0.297. The van der Waals surface area contributed by atoms with Gasteiger partial charge in [0.1, 0.15) is 23.8 Å². The summed E-state index contributed by atoms with van der Waals surface area (Å²) in [6.07, 6.45) is -4.95. The second-order valence-corrected chi connectivity index (χ2v) is 6.17. The molecule has 0 aliphatic carbocycles. The van der Waals surface area contributed by atoms with E-state index in [2.05, 4.69) is 0 Å². The Morgan fingerprint density at radius 1 is 1.33 bits per heavy atom. The van der Waals surface area contributed by atoms with E-state index in [1.165, 1.54) is 0 Å². The highest BCUT2D eigenvalue weighted by atomic mass is 35.5. The molecule has 0 aliphatic rings. The molecule has 0 atom stereocenters. The number of hydrogen-bond acceptors (Lipinski definition) is 3. The lowest BCUT2D eigenvalue weighted by Crippen LogP contribution is -2.42. The minimum atomic E-state index is -4.95. The first kappa shape index (κ1) is 17.7. The van der Waals surface area contributed by atoms with Crippen LogP contribution in [0.4, 0.5) is 17.6 Å². The third-order valence-electron chi connectivity index (χ3n) is 2.18. The van der Waals surface area contributed by atoms with Crippen LogP contribution in [0.3, 0.4) is 0 Å². The van der Waals surface area contributed by atoms with Gasteiger partial charge in [-0.25, -0.2) is 12.8 Å². The lowest BCUT2D eigenvalue weighted by molar-refractivity contribution is -0.146. The summed E-state index contributed by atoms with van der Waals surface area (Å²) in [6, 6.07) is 1.95. The zero-order valence-electron chi connectivity index (χ0n) is 10.1. The van der Waals surface area contributed by atoms with Crippen molar-refractivity contribution < 1.29 is 35.9 Å². The maximum absolute atomic E-state index is 12.9. The zero-order valence-corrected chi connectivity index (χ0v) is 11.6. The molecule has 1 N–H and O–H groups in total. The summed E-state index contributed by atoms with van der Waals surface area (Å²) in [5.74, 6) is -2.67. The first-order valence-corrected chi connectivity index (χ1v) is 6.99. The van der Waals surface area contributed by atoms with E-state index in [-0.39, 0.29) is 4.31 Å². The van der Waals surface area contributed by atoms with Gasteiger partial charge in [-0.2, -0.15) is 17.5 Å². The average molecular weight is 350 g/mol. The van der Waals surface area contributed by atoms with Crippen molar-refractivity contribution in [2.45, 2.75) is 11.1 Å². The molecule has 21 heavy (non-hydrogen) atoms. The highest BCUT2D eigenvalue weighted by Gasteiger charge is 2.38. The van der Waals surface area contributed by atoms with Gasteiger partial charge in [0.05, 0.1) is 5.02 Å². The van der Waals surface area contributed by atoms with Gasteiger partial charge in [0.15, 0.2) is 0 Å². The third kappa shape index (κ3) is 4.83. The molecule has 118 valence electrons. The Kier molecular flexibility index (Phi) is 5.18. The van der Waals surface area contributed by atoms with Gasteiger partial charge in [-0.1, -0.05) is 11.6 Å². The Bertz CT molecular complexity index is 647. The molecule has 0 aliphatic heterocycles. The number of rotatable bonds is 5. The molecule has 0 spiro atoms. The Labute approximate surface area is 121 Å². The van der Waals surface area contributed by atoms with Crippen LogP contribution >= 0.6 is 11.6 Å². The van der Waals surface area contributed by atoms with Gasteiger partial charge in [0, 0.05) is 0 Å². The number of aliphatic carboxylic acids is 1. The van der Waals surface area contributed by atoms with Crippen molar-refractivity contribution in [3.05, 3.63) is 29.0 Å². The lowest BCUT2D eigenvalue weighted by atomic mass is 10.3. The molecule has 5 nitrogen and oxygen atoms in total. The molecule has 0 radical (unpaired) electrons. The lowest BCUT2D eigenvalue weighted by Gasteiger charge is -2.22. The van der Waals surface area contributed by atoms with Crippen molar-refractivity contribution in [1.82, 2.24) is 4.31 Å². The van der Waals surface area contributed by atoms with Gasteiger partial charge < -0.3 is 5.11 Å². The van der Waals surface area contributed by atoms with E-state index in [1.807, 2.05) is 0 Å². The maximum Gasteiger partial charge on any atom is 0.402 e. The van der Waals surface area contributed by atoms with Gasteiger partial charge in [-0.3, -0.25) is 4.79 Å². The molecule has 0 aromatic heterocycles. The smallest absolute Gasteiger partial charge is 0.402 e. The minimum Gasteiger partial charge on any atom is -0.480 e. The van der Waals surface area contributed by atoms with E-state index in [1.54, 1.807) is 0 Å². The highest BCUT2D eigenvalue weighted by molar-refractivity contribution is 7.89. The predicted molar refractivity (Wildman–Crippen MR) is 63.9 cm³/mol. The molecule has 0 bridgehead atoms. The van der Waals surface area contributed by atoms with Crippen molar-refractivity contribution in [2.75, 3.05) is 13.1 Å². The van der Waals surface area contributed by atoms with Crippen LogP contribution in [0.15, 0.2) is 23.1 Å². The van der Waals surface area contributed by atoms with Crippen LogP contribution in [0.5, 0.6) is 0 Å². The fourth-order valence-electron chi connectivity index (χ4n) is 1.40. The van der Waals surface area contributed by atoms with Crippen LogP contribution in [0.1, 0.15) is 0 Å². The number of hydrogen-bond donors (Lipinski definition) is 1. The molecule has 1 rings (SSSR count). The molecule has 0 heterocycles. The van der Waals surface area contributed by atoms with E-state index < -0.39 is 51.0 Å². The SMILES string of the molecule is O=C(O)CN(CC(F)(F)F)S(=O)(=O)c1ccc(F)cc1Cl. The second-order valence-electron chi connectivity index (χ2n) is 3.86. The summed E-state index contributed by atoms with van der Waals surface area (Å²) in [7, 11) is -4.84. The fourth-order valence-corrected chi connectivity index (χ4v) is 3.28. The predicted octanol–water partition coefficient (Wildman–Crippen LogP) is 2.12. The van der Waals surface area contributed by atoms with Gasteiger partial charge in [0.25, 0.3) is 0 Å². The number of benzene rings is 1. The average Bonchev–Trinajstić information content (AvgIpc) is 2.24. The molecule has 0 saturated carbocycles. The van der Waals surface area contributed by atoms with Crippen molar-refractivity contribution in [3.8, 4) is 0 Å². The van der Waals surface area contributed by atoms with Crippen LogP contribution in [-0.4, -0.2) is 43.1 Å². The van der Waals surface area contributed by atoms with Crippen molar-refractivity contribution in [2.24, 2.45) is 0 Å². The van der Waals surface area contributed by atoms with Crippen LogP contribution in [0, 0.1) is 5.82 Å². The maximum atomic E-state index is 12.9. The highest BCUT2D eigenvalue weighted by Crippen LogP contribution is 2.27. The topological polar surface area (TPSA) is 74.7 Å². The van der Waals surface area contributed by atoms with E-state index in [4.69, 9.17) is 16.7 Å². The van der Waals surface area contributed by atoms with E-state index >= 15 is 0 Å². The number of carboxylic acid groups (broad SMARTS) is 1. The van der Waals surface area contributed by atoms with Crippen LogP contribution in [-0.2, 0) is 14.8 Å². The Hall–Kier alpha value is -1.39. The molecule has 11 heteroatoms. The molecule has 1 aromatic rings. The molecule has 1 aromatic carbocycles. The summed E-state index contributed by atoms with van der Waals surface area (Å²) in [5.41, 5.74) is 0. The summed E-state index contributed by atoms with van der Waals surface area (Å²) in [5, 5.41) is 7.89. The number of alkyl halides is 3. The van der Waals surface area contributed by atoms with E-state index in [0.29, 0.717) is 18.2 Å². The van der Waals surface area contributed by atoms with Crippen LogP contribution in [0.2, 0.25) is 5.02 Å². The van der Waals surface area contributed by atoms with Crippen molar-refractivity contribution in [1.29, 1.82) is 0 Å². The van der Waals surface area contributed by atoms with Crippen LogP contribution in [0.25, 0.3) is 0 Å². The Balaban J connectivity index is 3.29. The largest absolute Gasteiger partial charge is 0.480 e. The quantitative estimate of drug-likeness (QED) is 0.826. The summed E-state index contributed by atoms with van der Waals surface area (Å²) >= 11 is 5.49. The summed E-state index contributed by atoms with van der Waals surface area (Å²) < 4.78 is 73.7. The number of carbonyl (C=O) groups is 1. The zero-order chi connectivity index (χ0) is 16.4. The first-order chi connectivity index (χ1) is 9.43. The number of halogens is 5. The van der Waals surface area contributed by atoms with E-state index in [0.717, 1.165) is 0 Å². The molecule has 0 amide bonds. The van der Waals surface area contributed by atoms with Gasteiger partial charge in [-0.05, 0) is 18.2 Å². The van der Waals surface area contributed by atoms with Gasteiger partial charge >= 0.3 is 12.1 Å². The second kappa shape index (κ2) is 6.16. The van der Waals surface area contributed by atoms with Crippen molar-refractivity contribution in [3.63, 3.8) is 0 Å². The number of sulfonamides is 1. The van der Waals surface area contributed by atoms with E-state index in [9.17, 15) is 30.8 Å². The number of carboxylic acids is 1. The normalized spacial score (nSPS) is 12.7. The molecular weight excluding hydrogens is 342 g/mol. The monoisotopic (exact) mass is 349 g/mol. The van der Waals surface area contributed by atoms with Gasteiger partial charge in [-0.15, -0.1) is 0 Å². The fraction of sp³-hybridized carbons (Fsp3) is 0.300. The number of nitrogens with zero attached hydrogens (tertiary/aromatic N) is 1. The molecule has 0 fully saturated rings. The summed E-state index contributed by atoms with van der Waals surface area (Å²) in [4.78, 5) is 9.74. The van der Waals surface area contributed by atoms with Gasteiger partial charge in [0.2, 0.25) is 10.0 Å². The standard InChI is InChI=1S/C10H8ClF4NO4S/c11-7-3-6(12)1-2-8(7)21(19,20)16(4-9(17)18)5-10(13,14)15/h1-3H,4-5H2,(H,17,18). The summed E-state index contributed by atoms with van der Waals surface area (Å²) in [6.45, 7) is -3.41. The molecule has 0 saturated heterocycles. The van der Waals surface area contributed by atoms with Crippen LogP contribution < -0.4 is 0 Å². The first-order valence-electron chi connectivity index (χ1n) is 5.17. The van der Waals surface area contributed by atoms with Crippen molar-refractivity contribution >= 4 is 27.6 Å². The Morgan fingerprint density at radius 3 is 2.33 bits per heavy atom.